The summed E-state index contributed by atoms with van der Waals surface area (Å²) in [4.78, 5) is 15.1. The lowest BCUT2D eigenvalue weighted by molar-refractivity contribution is -0.122. The van der Waals surface area contributed by atoms with E-state index in [9.17, 15) is 14.3 Å². The molecule has 2 N–H and O–H groups in total. The molecule has 1 aliphatic rings. The molecule has 1 amide bonds. The highest BCUT2D eigenvalue weighted by atomic mass is 19.1. The van der Waals surface area contributed by atoms with Gasteiger partial charge in [0, 0.05) is 12.3 Å². The van der Waals surface area contributed by atoms with E-state index in [2.05, 4.69) is 10.2 Å². The Labute approximate surface area is 147 Å². The highest BCUT2D eigenvalue weighted by Gasteiger charge is 2.30. The molecule has 1 atom stereocenters. The monoisotopic (exact) mass is 342 g/mol. The van der Waals surface area contributed by atoms with Crippen LogP contribution in [0.1, 0.15) is 24.4 Å². The Kier molecular flexibility index (Phi) is 5.79. The van der Waals surface area contributed by atoms with Crippen molar-refractivity contribution >= 4 is 11.6 Å². The van der Waals surface area contributed by atoms with Gasteiger partial charge in [0.15, 0.2) is 0 Å². The van der Waals surface area contributed by atoms with Crippen molar-refractivity contribution in [3.63, 3.8) is 0 Å². The van der Waals surface area contributed by atoms with E-state index in [1.165, 1.54) is 12.1 Å². The quantitative estimate of drug-likeness (QED) is 0.877. The Morgan fingerprint density at radius 2 is 1.76 bits per heavy atom. The maximum Gasteiger partial charge on any atom is 0.246 e. The van der Waals surface area contributed by atoms with Gasteiger partial charge in [-0.1, -0.05) is 30.3 Å². The Hall–Kier alpha value is -2.24. The fourth-order valence-corrected chi connectivity index (χ4v) is 3.30. The highest BCUT2D eigenvalue weighted by molar-refractivity contribution is 5.95. The van der Waals surface area contributed by atoms with Crippen LogP contribution in [0, 0.1) is 11.7 Å². The van der Waals surface area contributed by atoms with Gasteiger partial charge in [-0.15, -0.1) is 0 Å². The number of halogens is 1. The fourth-order valence-electron chi connectivity index (χ4n) is 3.30. The summed E-state index contributed by atoms with van der Waals surface area (Å²) in [7, 11) is 0. The number of amides is 1. The summed E-state index contributed by atoms with van der Waals surface area (Å²) in [5, 5.41) is 12.2. The number of benzene rings is 2. The number of anilines is 1. The lowest BCUT2D eigenvalue weighted by Crippen LogP contribution is -2.42. The van der Waals surface area contributed by atoms with E-state index in [1.807, 2.05) is 30.3 Å². The minimum absolute atomic E-state index is 0.125. The van der Waals surface area contributed by atoms with Crippen molar-refractivity contribution < 1.29 is 14.3 Å². The molecule has 3 rings (SSSR count). The topological polar surface area (TPSA) is 52.6 Å². The van der Waals surface area contributed by atoms with Gasteiger partial charge >= 0.3 is 0 Å². The third kappa shape index (κ3) is 4.44. The molecule has 1 heterocycles. The van der Waals surface area contributed by atoms with Gasteiger partial charge in [-0.05, 0) is 61.7 Å². The van der Waals surface area contributed by atoms with Crippen molar-refractivity contribution in [1.29, 1.82) is 0 Å². The molecule has 1 aliphatic heterocycles. The number of carbonyl (C=O) groups is 1. The molecule has 2 aromatic rings. The van der Waals surface area contributed by atoms with Crippen LogP contribution in [0.2, 0.25) is 0 Å². The van der Waals surface area contributed by atoms with Gasteiger partial charge in [0.1, 0.15) is 11.9 Å². The number of aliphatic hydroxyl groups is 1. The van der Waals surface area contributed by atoms with E-state index in [1.54, 1.807) is 12.1 Å². The summed E-state index contributed by atoms with van der Waals surface area (Å²) in [6.45, 7) is 1.73. The van der Waals surface area contributed by atoms with Gasteiger partial charge in [-0.3, -0.25) is 9.69 Å². The molecule has 0 saturated carbocycles. The van der Waals surface area contributed by atoms with Gasteiger partial charge in [0.25, 0.3) is 0 Å². The number of piperidine rings is 1. The molecule has 2 aromatic carbocycles. The Bertz CT molecular complexity index is 683. The van der Waals surface area contributed by atoms with Crippen LogP contribution in [0.15, 0.2) is 54.6 Å². The summed E-state index contributed by atoms with van der Waals surface area (Å²) in [6.07, 6.45) is 1.76. The summed E-state index contributed by atoms with van der Waals surface area (Å²) < 4.78 is 13.1. The normalized spacial score (nSPS) is 17.2. The van der Waals surface area contributed by atoms with Gasteiger partial charge < -0.3 is 10.4 Å². The number of rotatable bonds is 5. The Morgan fingerprint density at radius 3 is 2.36 bits per heavy atom. The molecule has 0 aliphatic carbocycles. The number of nitrogens with zero attached hydrogens (tertiary/aromatic N) is 1. The van der Waals surface area contributed by atoms with E-state index in [0.717, 1.165) is 31.5 Å². The molecule has 132 valence electrons. The number of hydrogen-bond donors (Lipinski definition) is 2. The zero-order valence-corrected chi connectivity index (χ0v) is 14.1. The average molecular weight is 342 g/mol. The zero-order valence-electron chi connectivity index (χ0n) is 14.1. The summed E-state index contributed by atoms with van der Waals surface area (Å²) in [6, 6.07) is 15.1. The fraction of sp³-hybridized carbons (Fsp3) is 0.350. The first-order chi connectivity index (χ1) is 12.2. The zero-order chi connectivity index (χ0) is 17.6. The van der Waals surface area contributed by atoms with Crippen molar-refractivity contribution in [3.05, 3.63) is 66.0 Å². The number of aliphatic hydroxyl groups excluding tert-OH is 1. The predicted octanol–water partition coefficient (Wildman–Crippen LogP) is 3.21. The number of nitrogens with one attached hydrogen (secondary N) is 1. The van der Waals surface area contributed by atoms with Crippen molar-refractivity contribution in [2.45, 2.75) is 18.9 Å². The van der Waals surface area contributed by atoms with Crippen molar-refractivity contribution in [2.75, 3.05) is 25.0 Å². The molecule has 0 bridgehead atoms. The van der Waals surface area contributed by atoms with E-state index >= 15 is 0 Å². The predicted molar refractivity (Wildman–Crippen MR) is 95.6 cm³/mol. The molecule has 1 saturated heterocycles. The second kappa shape index (κ2) is 8.23. The third-order valence-electron chi connectivity index (χ3n) is 4.75. The van der Waals surface area contributed by atoms with Crippen LogP contribution in [0.5, 0.6) is 0 Å². The van der Waals surface area contributed by atoms with Crippen LogP contribution in [-0.4, -0.2) is 35.6 Å². The molecule has 0 unspecified atom stereocenters. The first kappa shape index (κ1) is 17.6. The Balaban J connectivity index is 1.78. The van der Waals surface area contributed by atoms with Crippen LogP contribution >= 0.6 is 0 Å². The molecule has 0 aromatic heterocycles. The molecule has 25 heavy (non-hydrogen) atoms. The molecule has 0 spiro atoms. The van der Waals surface area contributed by atoms with Gasteiger partial charge in [0.2, 0.25) is 5.91 Å². The molecule has 4 nitrogen and oxygen atoms in total. The van der Waals surface area contributed by atoms with Gasteiger partial charge in [-0.2, -0.15) is 0 Å². The third-order valence-corrected chi connectivity index (χ3v) is 4.75. The smallest absolute Gasteiger partial charge is 0.246 e. The second-order valence-electron chi connectivity index (χ2n) is 6.47. The summed E-state index contributed by atoms with van der Waals surface area (Å²) in [5.41, 5.74) is 1.52. The standard InChI is InChI=1S/C20H23FN2O2/c21-17-6-8-18(9-7-17)22-20(25)19(16-4-2-1-3-5-16)23-12-10-15(14-24)11-13-23/h1-9,15,19,24H,10-14H2,(H,22,25)/t19-/m0/s1. The lowest BCUT2D eigenvalue weighted by Gasteiger charge is -2.36. The second-order valence-corrected chi connectivity index (χ2v) is 6.47. The summed E-state index contributed by atoms with van der Waals surface area (Å²) >= 11 is 0. The minimum atomic E-state index is -0.397. The lowest BCUT2D eigenvalue weighted by atomic mass is 9.94. The molecule has 0 radical (unpaired) electrons. The number of hydrogen-bond acceptors (Lipinski definition) is 3. The first-order valence-corrected chi connectivity index (χ1v) is 8.63. The first-order valence-electron chi connectivity index (χ1n) is 8.63. The van der Waals surface area contributed by atoms with Crippen LogP contribution in [0.4, 0.5) is 10.1 Å². The Morgan fingerprint density at radius 1 is 1.12 bits per heavy atom. The van der Waals surface area contributed by atoms with Crippen molar-refractivity contribution in [2.24, 2.45) is 5.92 Å². The van der Waals surface area contributed by atoms with E-state index < -0.39 is 6.04 Å². The van der Waals surface area contributed by atoms with Crippen LogP contribution < -0.4 is 5.32 Å². The van der Waals surface area contributed by atoms with E-state index in [0.29, 0.717) is 11.6 Å². The largest absolute Gasteiger partial charge is 0.396 e. The molecular formula is C20H23FN2O2. The van der Waals surface area contributed by atoms with Crippen LogP contribution in [0.25, 0.3) is 0 Å². The van der Waals surface area contributed by atoms with Crippen LogP contribution in [0.3, 0.4) is 0 Å². The number of carbonyl (C=O) groups excluding carboxylic acids is 1. The van der Waals surface area contributed by atoms with Gasteiger partial charge in [0.05, 0.1) is 0 Å². The van der Waals surface area contributed by atoms with Crippen LogP contribution in [-0.2, 0) is 4.79 Å². The molecule has 1 fully saturated rings. The summed E-state index contributed by atoms with van der Waals surface area (Å²) in [5.74, 6) is -0.142. The molecular weight excluding hydrogens is 319 g/mol. The average Bonchev–Trinajstić information content (AvgIpc) is 2.65. The number of likely N-dealkylation sites (tertiary alicyclic amines) is 1. The minimum Gasteiger partial charge on any atom is -0.396 e. The SMILES string of the molecule is O=C(Nc1ccc(F)cc1)[C@H](c1ccccc1)N1CCC(CO)CC1. The van der Waals surface area contributed by atoms with E-state index in [-0.39, 0.29) is 18.3 Å². The van der Waals surface area contributed by atoms with E-state index in [4.69, 9.17) is 0 Å². The molecule has 5 heteroatoms. The maximum absolute atomic E-state index is 13.1. The van der Waals surface area contributed by atoms with Crippen molar-refractivity contribution in [1.82, 2.24) is 4.90 Å². The van der Waals surface area contributed by atoms with Gasteiger partial charge in [-0.25, -0.2) is 4.39 Å². The maximum atomic E-state index is 13.1. The highest BCUT2D eigenvalue weighted by Crippen LogP contribution is 2.28. The van der Waals surface area contributed by atoms with Crippen molar-refractivity contribution in [3.8, 4) is 0 Å².